The Labute approximate surface area is 131 Å². The van der Waals surface area contributed by atoms with Gasteiger partial charge in [-0.05, 0) is 44.4 Å². The minimum absolute atomic E-state index is 0.167. The van der Waals surface area contributed by atoms with Crippen molar-refractivity contribution < 1.29 is 22.3 Å². The second-order valence-corrected chi connectivity index (χ2v) is 7.87. The molecular formula is C14H21F4IO. The molecule has 2 aliphatic carbocycles. The first kappa shape index (κ1) is 16.8. The van der Waals surface area contributed by atoms with Gasteiger partial charge in [-0.1, -0.05) is 29.5 Å². The molecule has 0 aromatic heterocycles. The number of rotatable bonds is 3. The maximum absolute atomic E-state index is 14.1. The van der Waals surface area contributed by atoms with Crippen molar-refractivity contribution in [1.29, 1.82) is 0 Å². The van der Waals surface area contributed by atoms with Crippen LogP contribution in [0.4, 0.5) is 17.6 Å². The molecule has 2 fully saturated rings. The van der Waals surface area contributed by atoms with E-state index in [1.165, 1.54) is 0 Å². The summed E-state index contributed by atoms with van der Waals surface area (Å²) in [4.78, 5) is 0. The Hall–Kier alpha value is 0.410. The zero-order valence-corrected chi connectivity index (χ0v) is 13.7. The summed E-state index contributed by atoms with van der Waals surface area (Å²) in [6.45, 7) is 1.60. The van der Waals surface area contributed by atoms with Crippen LogP contribution in [0.2, 0.25) is 0 Å². The topological polar surface area (TPSA) is 9.23 Å². The van der Waals surface area contributed by atoms with E-state index in [1.807, 2.05) is 0 Å². The quantitative estimate of drug-likeness (QED) is 0.360. The number of hydrogen-bond acceptors (Lipinski definition) is 1. The Morgan fingerprint density at radius 3 is 2.15 bits per heavy atom. The summed E-state index contributed by atoms with van der Waals surface area (Å²) in [5.41, 5.74) is 0. The van der Waals surface area contributed by atoms with Crippen molar-refractivity contribution in [1.82, 2.24) is 0 Å². The Balaban J connectivity index is 1.94. The van der Waals surface area contributed by atoms with E-state index in [4.69, 9.17) is 4.74 Å². The molecule has 0 N–H and O–H groups in total. The first-order valence-corrected chi connectivity index (χ1v) is 8.53. The van der Waals surface area contributed by atoms with Crippen LogP contribution in [0.15, 0.2) is 0 Å². The van der Waals surface area contributed by atoms with Crippen LogP contribution in [0.1, 0.15) is 45.4 Å². The zero-order valence-electron chi connectivity index (χ0n) is 11.5. The third-order valence-corrected chi connectivity index (χ3v) is 5.80. The van der Waals surface area contributed by atoms with Crippen LogP contribution in [0.3, 0.4) is 0 Å². The smallest absolute Gasteiger partial charge is 0.314 e. The lowest BCUT2D eigenvalue weighted by atomic mass is 9.85. The highest BCUT2D eigenvalue weighted by atomic mass is 127. The van der Waals surface area contributed by atoms with Crippen LogP contribution in [0.25, 0.3) is 0 Å². The molecule has 2 rings (SSSR count). The first-order chi connectivity index (χ1) is 9.31. The monoisotopic (exact) mass is 408 g/mol. The molecule has 0 heterocycles. The van der Waals surface area contributed by atoms with E-state index in [0.29, 0.717) is 23.2 Å². The fourth-order valence-corrected chi connectivity index (χ4v) is 3.79. The van der Waals surface area contributed by atoms with Gasteiger partial charge in [-0.3, -0.25) is 0 Å². The molecule has 0 spiro atoms. The van der Waals surface area contributed by atoms with Crippen molar-refractivity contribution in [2.24, 2.45) is 11.8 Å². The largest absolute Gasteiger partial charge is 0.358 e. The van der Waals surface area contributed by atoms with Crippen LogP contribution < -0.4 is 0 Å². The van der Waals surface area contributed by atoms with E-state index in [-0.39, 0.29) is 6.42 Å². The fraction of sp³-hybridized carbons (Fsp3) is 1.00. The van der Waals surface area contributed by atoms with Crippen molar-refractivity contribution in [2.45, 2.75) is 73.9 Å². The SMILES string of the molecule is CC1CCC(OC(F)(F)C2CCC(I)CC2)C(F)C1F. The maximum atomic E-state index is 14.1. The molecule has 0 aromatic carbocycles. The van der Waals surface area contributed by atoms with Gasteiger partial charge >= 0.3 is 6.11 Å². The zero-order chi connectivity index (χ0) is 14.9. The van der Waals surface area contributed by atoms with Crippen molar-refractivity contribution in [3.05, 3.63) is 0 Å². The minimum atomic E-state index is -3.34. The lowest BCUT2D eigenvalue weighted by molar-refractivity contribution is -0.311. The molecule has 0 amide bonds. The van der Waals surface area contributed by atoms with E-state index < -0.39 is 36.4 Å². The summed E-state index contributed by atoms with van der Waals surface area (Å²) in [5, 5.41) is 0. The van der Waals surface area contributed by atoms with E-state index in [2.05, 4.69) is 22.6 Å². The van der Waals surface area contributed by atoms with Crippen LogP contribution in [0, 0.1) is 11.8 Å². The van der Waals surface area contributed by atoms with Gasteiger partial charge in [0.05, 0.1) is 12.0 Å². The summed E-state index contributed by atoms with van der Waals surface area (Å²) in [6.07, 6.45) is -5.49. The van der Waals surface area contributed by atoms with Gasteiger partial charge in [0.1, 0.15) is 6.17 Å². The highest BCUT2D eigenvalue weighted by molar-refractivity contribution is 14.1. The second-order valence-electron chi connectivity index (χ2n) is 6.11. The highest BCUT2D eigenvalue weighted by Gasteiger charge is 2.48. The van der Waals surface area contributed by atoms with Gasteiger partial charge in [0.25, 0.3) is 0 Å². The average molecular weight is 408 g/mol. The molecule has 2 aliphatic rings. The van der Waals surface area contributed by atoms with Crippen LogP contribution in [-0.4, -0.2) is 28.5 Å². The molecule has 118 valence electrons. The van der Waals surface area contributed by atoms with E-state index in [9.17, 15) is 17.6 Å². The molecule has 1 nitrogen and oxygen atoms in total. The summed E-state index contributed by atoms with van der Waals surface area (Å²) in [5.74, 6) is -1.29. The normalized spacial score (nSPS) is 43.5. The predicted octanol–water partition coefficient (Wildman–Crippen LogP) is 5.06. The Morgan fingerprint density at radius 2 is 1.55 bits per heavy atom. The van der Waals surface area contributed by atoms with E-state index in [1.54, 1.807) is 6.92 Å². The number of hydrogen-bond donors (Lipinski definition) is 0. The highest BCUT2D eigenvalue weighted by Crippen LogP contribution is 2.42. The summed E-state index contributed by atoms with van der Waals surface area (Å²) in [6, 6.07) is 0. The van der Waals surface area contributed by atoms with Crippen molar-refractivity contribution >= 4 is 22.6 Å². The van der Waals surface area contributed by atoms with Crippen LogP contribution in [0.5, 0.6) is 0 Å². The molecular weight excluding hydrogens is 387 g/mol. The summed E-state index contributed by atoms with van der Waals surface area (Å²) < 4.78 is 60.8. The molecule has 0 saturated heterocycles. The van der Waals surface area contributed by atoms with Crippen molar-refractivity contribution in [3.8, 4) is 0 Å². The van der Waals surface area contributed by atoms with Gasteiger partial charge in [0.2, 0.25) is 0 Å². The second kappa shape index (κ2) is 6.67. The Bertz CT molecular complexity index is 320. The molecule has 0 aromatic rings. The van der Waals surface area contributed by atoms with Crippen LogP contribution in [-0.2, 0) is 4.74 Å². The number of ether oxygens (including phenoxy) is 1. The molecule has 0 aliphatic heterocycles. The van der Waals surface area contributed by atoms with Gasteiger partial charge < -0.3 is 4.74 Å². The van der Waals surface area contributed by atoms with Gasteiger partial charge in [-0.2, -0.15) is 8.78 Å². The maximum Gasteiger partial charge on any atom is 0.358 e. The number of alkyl halides is 5. The van der Waals surface area contributed by atoms with E-state index in [0.717, 1.165) is 12.8 Å². The molecule has 2 saturated carbocycles. The Kier molecular flexibility index (Phi) is 5.59. The first-order valence-electron chi connectivity index (χ1n) is 7.29. The lowest BCUT2D eigenvalue weighted by Gasteiger charge is -2.38. The molecule has 0 radical (unpaired) electrons. The van der Waals surface area contributed by atoms with Gasteiger partial charge in [0, 0.05) is 3.92 Å². The predicted molar refractivity (Wildman–Crippen MR) is 77.8 cm³/mol. The minimum Gasteiger partial charge on any atom is -0.314 e. The average Bonchev–Trinajstić information content (AvgIpc) is 2.40. The van der Waals surface area contributed by atoms with Crippen LogP contribution >= 0.6 is 22.6 Å². The standard InChI is InChI=1S/C14H21F4IO/c1-8-2-7-11(13(16)12(8)15)20-14(17,18)9-3-5-10(19)6-4-9/h8-13H,2-7H2,1H3. The molecule has 6 heteroatoms. The molecule has 0 bridgehead atoms. The van der Waals surface area contributed by atoms with Gasteiger partial charge in [-0.25, -0.2) is 8.78 Å². The lowest BCUT2D eigenvalue weighted by Crippen LogP contribution is -2.47. The summed E-state index contributed by atoms with van der Waals surface area (Å²) >= 11 is 2.26. The third kappa shape index (κ3) is 3.78. The molecule has 4 atom stereocenters. The van der Waals surface area contributed by atoms with Crippen molar-refractivity contribution in [3.63, 3.8) is 0 Å². The summed E-state index contributed by atoms with van der Waals surface area (Å²) in [7, 11) is 0. The molecule has 20 heavy (non-hydrogen) atoms. The molecule has 4 unspecified atom stereocenters. The third-order valence-electron chi connectivity index (χ3n) is 4.55. The van der Waals surface area contributed by atoms with Gasteiger partial charge in [0.15, 0.2) is 6.17 Å². The number of halogens is 5. The fourth-order valence-electron chi connectivity index (χ4n) is 3.08. The Morgan fingerprint density at radius 1 is 0.950 bits per heavy atom. The van der Waals surface area contributed by atoms with E-state index >= 15 is 0 Å². The van der Waals surface area contributed by atoms with Gasteiger partial charge in [-0.15, -0.1) is 0 Å². The van der Waals surface area contributed by atoms with Crippen molar-refractivity contribution in [2.75, 3.05) is 0 Å².